The largest absolute Gasteiger partial charge is 0.295 e. The second kappa shape index (κ2) is 9.19. The minimum Gasteiger partial charge on any atom is -0.225 e. The normalized spacial score (nSPS) is 11.7. The number of aromatic nitrogens is 2. The predicted molar refractivity (Wildman–Crippen MR) is 148 cm³/mol. The average molecular weight is 460 g/mol. The minimum absolute atomic E-state index is 0.421. The fourth-order valence-electron chi connectivity index (χ4n) is 5.34. The van der Waals surface area contributed by atoms with Crippen LogP contribution >= 0.6 is 0 Å². The van der Waals surface area contributed by atoms with Gasteiger partial charge in [0.1, 0.15) is 5.69 Å². The van der Waals surface area contributed by atoms with Crippen LogP contribution in [0.25, 0.3) is 39.2 Å². The van der Waals surface area contributed by atoms with Crippen molar-refractivity contribution < 1.29 is 4.57 Å². The highest BCUT2D eigenvalue weighted by atomic mass is 15.2. The van der Waals surface area contributed by atoms with E-state index in [4.69, 9.17) is 0 Å². The number of hydrogen-bond acceptors (Lipinski definition) is 0. The van der Waals surface area contributed by atoms with Crippen molar-refractivity contribution in [2.24, 2.45) is 7.05 Å². The molecule has 0 aliphatic rings. The van der Waals surface area contributed by atoms with Gasteiger partial charge in [0, 0.05) is 11.1 Å². The van der Waals surface area contributed by atoms with Crippen LogP contribution in [-0.2, 0) is 7.05 Å². The zero-order chi connectivity index (χ0) is 24.7. The highest BCUT2D eigenvalue weighted by Gasteiger charge is 2.31. The maximum Gasteiger partial charge on any atom is 0.295 e. The third kappa shape index (κ3) is 3.97. The number of nitrogens with zero attached hydrogens (tertiary/aromatic N) is 2. The van der Waals surface area contributed by atoms with Gasteiger partial charge < -0.3 is 0 Å². The van der Waals surface area contributed by atoms with Crippen LogP contribution in [-0.4, -0.2) is 4.57 Å². The van der Waals surface area contributed by atoms with Crippen LogP contribution < -0.4 is 4.57 Å². The molecule has 5 aromatic rings. The van der Waals surface area contributed by atoms with E-state index in [9.17, 15) is 0 Å². The fraction of sp³-hybridized carbons (Fsp3) is 0.242. The number of fused-ring (bicyclic) bond motifs is 1. The molecule has 35 heavy (non-hydrogen) atoms. The van der Waals surface area contributed by atoms with Crippen molar-refractivity contribution >= 4 is 11.0 Å². The number of benzene rings is 4. The quantitative estimate of drug-likeness (QED) is 0.234. The number of rotatable bonds is 5. The molecule has 0 saturated carbocycles. The Balaban J connectivity index is 1.85. The van der Waals surface area contributed by atoms with Crippen molar-refractivity contribution in [3.63, 3.8) is 0 Å². The summed E-state index contributed by atoms with van der Waals surface area (Å²) in [6.45, 7) is 11.4. The Morgan fingerprint density at radius 3 is 1.91 bits per heavy atom. The van der Waals surface area contributed by atoms with Crippen molar-refractivity contribution in [1.82, 2.24) is 4.57 Å². The van der Waals surface area contributed by atoms with Gasteiger partial charge in [-0.05, 0) is 53.6 Å². The van der Waals surface area contributed by atoms with Crippen molar-refractivity contribution in [3.05, 3.63) is 108 Å². The van der Waals surface area contributed by atoms with Crippen LogP contribution in [0, 0.1) is 6.92 Å². The number of imidazole rings is 1. The highest BCUT2D eigenvalue weighted by molar-refractivity contribution is 5.81. The summed E-state index contributed by atoms with van der Waals surface area (Å²) >= 11 is 0. The molecule has 0 aliphatic carbocycles. The Labute approximate surface area is 209 Å². The van der Waals surface area contributed by atoms with E-state index < -0.39 is 0 Å². The van der Waals surface area contributed by atoms with Gasteiger partial charge in [-0.1, -0.05) is 100 Å². The van der Waals surface area contributed by atoms with Gasteiger partial charge >= 0.3 is 0 Å². The van der Waals surface area contributed by atoms with Crippen molar-refractivity contribution in [2.75, 3.05) is 0 Å². The summed E-state index contributed by atoms with van der Waals surface area (Å²) in [6.07, 6.45) is 0. The standard InChI is InChI=1S/C33H35N2/c1-22(2)27-15-12-16-28(23(3)4)32(27)35-31-18-11-10-17-30(31)34(6)33(35)29-20-19-26(21-24(29)5)25-13-8-7-9-14-25/h7-23H,1-6H3/q+1. The fourth-order valence-corrected chi connectivity index (χ4v) is 5.34. The lowest BCUT2D eigenvalue weighted by Crippen LogP contribution is -2.30. The summed E-state index contributed by atoms with van der Waals surface area (Å²) in [4.78, 5) is 0. The van der Waals surface area contributed by atoms with Gasteiger partial charge in [0.05, 0.1) is 12.6 Å². The monoisotopic (exact) mass is 459 g/mol. The molecule has 0 spiro atoms. The van der Waals surface area contributed by atoms with Crippen LogP contribution in [0.4, 0.5) is 0 Å². The van der Waals surface area contributed by atoms with Crippen molar-refractivity contribution in [3.8, 4) is 28.2 Å². The molecule has 0 fully saturated rings. The summed E-state index contributed by atoms with van der Waals surface area (Å²) in [5.41, 5.74) is 11.6. The van der Waals surface area contributed by atoms with Crippen LogP contribution in [0.1, 0.15) is 56.2 Å². The SMILES string of the molecule is Cc1cc(-c2ccccc2)ccc1-c1n(-c2c(C(C)C)cccc2C(C)C)c2ccccc2[n+]1C. The molecule has 1 aromatic heterocycles. The Bertz CT molecular complexity index is 1480. The molecule has 0 aliphatic heterocycles. The van der Waals surface area contributed by atoms with E-state index in [0.717, 1.165) is 0 Å². The molecule has 176 valence electrons. The Morgan fingerprint density at radius 2 is 1.29 bits per heavy atom. The van der Waals surface area contributed by atoms with E-state index in [1.807, 2.05) is 0 Å². The molecule has 2 nitrogen and oxygen atoms in total. The van der Waals surface area contributed by atoms with Crippen LogP contribution in [0.5, 0.6) is 0 Å². The third-order valence-corrected chi connectivity index (χ3v) is 7.15. The molecule has 0 atom stereocenters. The zero-order valence-corrected chi connectivity index (χ0v) is 21.7. The van der Waals surface area contributed by atoms with Crippen LogP contribution in [0.2, 0.25) is 0 Å². The molecule has 5 rings (SSSR count). The predicted octanol–water partition coefficient (Wildman–Crippen LogP) is 8.34. The topological polar surface area (TPSA) is 8.81 Å². The van der Waals surface area contributed by atoms with Gasteiger partial charge in [-0.15, -0.1) is 0 Å². The molecule has 0 radical (unpaired) electrons. The molecule has 0 bridgehead atoms. The van der Waals surface area contributed by atoms with Gasteiger partial charge in [-0.2, -0.15) is 4.57 Å². The van der Waals surface area contributed by atoms with Crippen LogP contribution in [0.15, 0.2) is 91.0 Å². The van der Waals surface area contributed by atoms with Gasteiger partial charge in [-0.25, -0.2) is 4.57 Å². The summed E-state index contributed by atoms with van der Waals surface area (Å²) in [6, 6.07) is 33.1. The molecule has 4 aromatic carbocycles. The van der Waals surface area contributed by atoms with Gasteiger partial charge in [0.2, 0.25) is 0 Å². The van der Waals surface area contributed by atoms with E-state index >= 15 is 0 Å². The Morgan fingerprint density at radius 1 is 0.657 bits per heavy atom. The van der Waals surface area contributed by atoms with Crippen molar-refractivity contribution in [2.45, 2.75) is 46.5 Å². The molecule has 2 heteroatoms. The number of para-hydroxylation sites is 3. The van der Waals surface area contributed by atoms with E-state index in [2.05, 4.69) is 142 Å². The minimum atomic E-state index is 0.421. The second-order valence-corrected chi connectivity index (χ2v) is 10.2. The zero-order valence-electron chi connectivity index (χ0n) is 21.7. The Hall–Kier alpha value is -3.65. The highest BCUT2D eigenvalue weighted by Crippen LogP contribution is 2.37. The van der Waals surface area contributed by atoms with Crippen LogP contribution in [0.3, 0.4) is 0 Å². The number of aryl methyl sites for hydroxylation is 2. The first-order valence-corrected chi connectivity index (χ1v) is 12.7. The number of hydrogen-bond donors (Lipinski definition) is 0. The average Bonchev–Trinajstić information content (AvgIpc) is 3.16. The van der Waals surface area contributed by atoms with E-state index in [1.54, 1.807) is 0 Å². The van der Waals surface area contributed by atoms with E-state index in [0.29, 0.717) is 11.8 Å². The van der Waals surface area contributed by atoms with E-state index in [1.165, 1.54) is 55.9 Å². The van der Waals surface area contributed by atoms with Gasteiger partial charge in [-0.3, -0.25) is 0 Å². The van der Waals surface area contributed by atoms with Gasteiger partial charge in [0.15, 0.2) is 11.0 Å². The maximum atomic E-state index is 2.52. The summed E-state index contributed by atoms with van der Waals surface area (Å²) in [7, 11) is 2.20. The molecule has 0 amide bonds. The second-order valence-electron chi connectivity index (χ2n) is 10.2. The lowest BCUT2D eigenvalue weighted by Gasteiger charge is -2.18. The first-order chi connectivity index (χ1) is 16.9. The smallest absolute Gasteiger partial charge is 0.225 e. The molecule has 0 saturated heterocycles. The van der Waals surface area contributed by atoms with Gasteiger partial charge in [0.25, 0.3) is 5.82 Å². The molecule has 0 unspecified atom stereocenters. The first-order valence-electron chi connectivity index (χ1n) is 12.7. The lowest BCUT2D eigenvalue weighted by atomic mass is 9.92. The third-order valence-electron chi connectivity index (χ3n) is 7.15. The molecule has 1 heterocycles. The summed E-state index contributed by atoms with van der Waals surface area (Å²) in [5.74, 6) is 2.06. The summed E-state index contributed by atoms with van der Waals surface area (Å²) in [5, 5.41) is 0. The molecular formula is C33H35N2+. The molecular weight excluding hydrogens is 424 g/mol. The summed E-state index contributed by atoms with van der Waals surface area (Å²) < 4.78 is 4.88. The van der Waals surface area contributed by atoms with Crippen molar-refractivity contribution in [1.29, 1.82) is 0 Å². The maximum absolute atomic E-state index is 2.52. The first kappa shape index (κ1) is 23.1. The molecule has 0 N–H and O–H groups in total. The Kier molecular flexibility index (Phi) is 6.06. The lowest BCUT2D eigenvalue weighted by molar-refractivity contribution is -0.633. The van der Waals surface area contributed by atoms with E-state index in [-0.39, 0.29) is 0 Å².